The van der Waals surface area contributed by atoms with E-state index in [1.54, 1.807) is 0 Å². The van der Waals surface area contributed by atoms with Gasteiger partial charge in [-0.1, -0.05) is 52.9 Å². The molecule has 0 spiro atoms. The van der Waals surface area contributed by atoms with E-state index in [4.69, 9.17) is 0 Å². The number of aliphatic hydroxyl groups is 2. The van der Waals surface area contributed by atoms with Crippen LogP contribution in [-0.2, 0) is 0 Å². The molecule has 1 aromatic carbocycles. The maximum absolute atomic E-state index is 9.47. The predicted octanol–water partition coefficient (Wildman–Crippen LogP) is 1.16. The molecule has 3 unspecified atom stereocenters. The lowest BCUT2D eigenvalue weighted by atomic mass is 10.2. The highest BCUT2D eigenvalue weighted by atomic mass is 127. The molecule has 4 heteroatoms. The fourth-order valence-electron chi connectivity index (χ4n) is 1.81. The number of nitrogens with zero attached hydrogens (tertiary/aromatic N) is 1. The van der Waals surface area contributed by atoms with E-state index >= 15 is 0 Å². The Kier molecular flexibility index (Phi) is 3.60. The van der Waals surface area contributed by atoms with Crippen LogP contribution in [0.15, 0.2) is 30.3 Å². The monoisotopic (exact) mass is 319 g/mol. The molecule has 0 bridgehead atoms. The molecule has 0 amide bonds. The smallest absolute Gasteiger partial charge is 0.0938 e. The molecule has 2 N–H and O–H groups in total. The van der Waals surface area contributed by atoms with Crippen LogP contribution in [0.3, 0.4) is 0 Å². The van der Waals surface area contributed by atoms with Crippen LogP contribution < -0.4 is 0 Å². The van der Waals surface area contributed by atoms with Crippen molar-refractivity contribution < 1.29 is 10.2 Å². The number of β-amino-alcohol motifs (C(OH)–C–C–N with tert-alkyl or cyclic N) is 2. The topological polar surface area (TPSA) is 43.7 Å². The van der Waals surface area contributed by atoms with Crippen molar-refractivity contribution >= 4 is 22.6 Å². The normalized spacial score (nSPS) is 29.3. The van der Waals surface area contributed by atoms with E-state index in [1.165, 1.54) is 5.56 Å². The summed E-state index contributed by atoms with van der Waals surface area (Å²) in [7, 11) is 0. The molecule has 3 nitrogen and oxygen atoms in total. The number of halogens is 1. The van der Waals surface area contributed by atoms with Crippen molar-refractivity contribution in [1.82, 2.24) is 4.90 Å². The molecular formula is C11H14INO2. The Bertz CT molecular complexity index is 310. The maximum atomic E-state index is 9.47. The summed E-state index contributed by atoms with van der Waals surface area (Å²) in [5, 5.41) is 18.9. The number of alkyl halides is 1. The van der Waals surface area contributed by atoms with Crippen molar-refractivity contribution in [3.05, 3.63) is 35.9 Å². The molecule has 1 aliphatic heterocycles. The van der Waals surface area contributed by atoms with Crippen molar-refractivity contribution in [3.8, 4) is 0 Å². The summed E-state index contributed by atoms with van der Waals surface area (Å²) >= 11 is 2.33. The lowest BCUT2D eigenvalue weighted by molar-refractivity contribution is 0.0572. The molecule has 82 valence electrons. The van der Waals surface area contributed by atoms with E-state index in [2.05, 4.69) is 39.6 Å². The second kappa shape index (κ2) is 4.78. The van der Waals surface area contributed by atoms with Gasteiger partial charge in [-0.3, -0.25) is 4.90 Å². The molecule has 1 aromatic rings. The third-order valence-electron chi connectivity index (χ3n) is 2.68. The minimum atomic E-state index is -0.606. The van der Waals surface area contributed by atoms with Gasteiger partial charge in [-0.05, 0) is 5.56 Å². The number of rotatable bonds is 2. The summed E-state index contributed by atoms with van der Waals surface area (Å²) in [5.41, 5.74) is 1.21. The van der Waals surface area contributed by atoms with Gasteiger partial charge in [0.25, 0.3) is 0 Å². The van der Waals surface area contributed by atoms with Crippen molar-refractivity contribution in [1.29, 1.82) is 0 Å². The third kappa shape index (κ3) is 2.50. The average molecular weight is 319 g/mol. The van der Waals surface area contributed by atoms with Crippen LogP contribution in [0.4, 0.5) is 0 Å². The number of likely N-dealkylation sites (tertiary alicyclic amines) is 1. The SMILES string of the molecule is OC1CN(C(I)c2ccccc2)CC1O. The number of aliphatic hydroxyl groups excluding tert-OH is 2. The second-order valence-corrected chi connectivity index (χ2v) is 5.01. The Morgan fingerprint density at radius 1 is 1.13 bits per heavy atom. The molecule has 0 aliphatic carbocycles. The Morgan fingerprint density at radius 3 is 2.20 bits per heavy atom. The summed E-state index contributed by atoms with van der Waals surface area (Å²) < 4.78 is 0.218. The minimum Gasteiger partial charge on any atom is -0.389 e. The van der Waals surface area contributed by atoms with Crippen molar-refractivity contribution in [2.45, 2.75) is 16.3 Å². The molecule has 1 aliphatic rings. The van der Waals surface area contributed by atoms with E-state index in [9.17, 15) is 10.2 Å². The van der Waals surface area contributed by atoms with Crippen LogP contribution in [0, 0.1) is 0 Å². The van der Waals surface area contributed by atoms with Gasteiger partial charge in [0.1, 0.15) is 0 Å². The van der Waals surface area contributed by atoms with Gasteiger partial charge in [0.15, 0.2) is 0 Å². The van der Waals surface area contributed by atoms with E-state index in [-0.39, 0.29) is 4.05 Å². The number of hydrogen-bond acceptors (Lipinski definition) is 3. The molecule has 1 saturated heterocycles. The highest BCUT2D eigenvalue weighted by Crippen LogP contribution is 2.30. The van der Waals surface area contributed by atoms with Gasteiger partial charge in [-0.2, -0.15) is 0 Å². The molecule has 1 fully saturated rings. The predicted molar refractivity (Wildman–Crippen MR) is 66.8 cm³/mol. The zero-order valence-electron chi connectivity index (χ0n) is 8.25. The van der Waals surface area contributed by atoms with Gasteiger partial charge in [-0.25, -0.2) is 0 Å². The summed E-state index contributed by atoms with van der Waals surface area (Å²) in [4.78, 5) is 2.09. The Morgan fingerprint density at radius 2 is 1.67 bits per heavy atom. The molecular weight excluding hydrogens is 305 g/mol. The lowest BCUT2D eigenvalue weighted by Gasteiger charge is -2.22. The molecule has 15 heavy (non-hydrogen) atoms. The second-order valence-electron chi connectivity index (χ2n) is 3.84. The van der Waals surface area contributed by atoms with E-state index in [0.717, 1.165) is 0 Å². The summed E-state index contributed by atoms with van der Waals surface area (Å²) in [6, 6.07) is 10.1. The summed E-state index contributed by atoms with van der Waals surface area (Å²) in [6.45, 7) is 1.09. The van der Waals surface area contributed by atoms with Crippen LogP contribution in [0.5, 0.6) is 0 Å². The maximum Gasteiger partial charge on any atom is 0.0938 e. The summed E-state index contributed by atoms with van der Waals surface area (Å²) in [6.07, 6.45) is -1.21. The Hall–Kier alpha value is -0.170. The Balaban J connectivity index is 2.07. The lowest BCUT2D eigenvalue weighted by Crippen LogP contribution is -2.23. The van der Waals surface area contributed by atoms with Crippen LogP contribution >= 0.6 is 22.6 Å². The van der Waals surface area contributed by atoms with Crippen LogP contribution in [0.1, 0.15) is 9.61 Å². The third-order valence-corrected chi connectivity index (χ3v) is 4.19. The largest absolute Gasteiger partial charge is 0.389 e. The highest BCUT2D eigenvalue weighted by Gasteiger charge is 2.33. The molecule has 0 saturated carbocycles. The first-order valence-corrected chi connectivity index (χ1v) is 6.22. The summed E-state index contributed by atoms with van der Waals surface area (Å²) in [5.74, 6) is 0. The first-order chi connectivity index (χ1) is 7.18. The standard InChI is InChI=1S/C11H14INO2/c12-11(8-4-2-1-3-5-8)13-6-9(14)10(15)7-13/h1-5,9-11,14-15H,6-7H2. The van der Waals surface area contributed by atoms with Gasteiger partial charge < -0.3 is 10.2 Å². The molecule has 3 atom stereocenters. The Labute approximate surface area is 103 Å². The van der Waals surface area contributed by atoms with E-state index in [0.29, 0.717) is 13.1 Å². The zero-order valence-corrected chi connectivity index (χ0v) is 10.4. The molecule has 1 heterocycles. The average Bonchev–Trinajstić information content (AvgIpc) is 2.59. The van der Waals surface area contributed by atoms with Crippen LogP contribution in [-0.4, -0.2) is 40.4 Å². The molecule has 2 rings (SSSR count). The van der Waals surface area contributed by atoms with Gasteiger partial charge in [-0.15, -0.1) is 0 Å². The van der Waals surface area contributed by atoms with Gasteiger partial charge in [0.2, 0.25) is 0 Å². The fraction of sp³-hybridized carbons (Fsp3) is 0.455. The van der Waals surface area contributed by atoms with Crippen molar-refractivity contribution in [3.63, 3.8) is 0 Å². The van der Waals surface area contributed by atoms with E-state index < -0.39 is 12.2 Å². The van der Waals surface area contributed by atoms with Crippen LogP contribution in [0.2, 0.25) is 0 Å². The molecule has 0 aromatic heterocycles. The first kappa shape index (κ1) is 11.3. The quantitative estimate of drug-likeness (QED) is 0.488. The van der Waals surface area contributed by atoms with Crippen LogP contribution in [0.25, 0.3) is 0 Å². The minimum absolute atomic E-state index is 0.218. The van der Waals surface area contributed by atoms with Crippen molar-refractivity contribution in [2.24, 2.45) is 0 Å². The zero-order chi connectivity index (χ0) is 10.8. The molecule has 0 radical (unpaired) electrons. The first-order valence-electron chi connectivity index (χ1n) is 4.97. The van der Waals surface area contributed by atoms with Gasteiger partial charge in [0.05, 0.1) is 16.3 Å². The van der Waals surface area contributed by atoms with E-state index in [1.807, 2.05) is 18.2 Å². The van der Waals surface area contributed by atoms with Crippen molar-refractivity contribution in [2.75, 3.05) is 13.1 Å². The fourth-order valence-corrected chi connectivity index (χ4v) is 2.68. The van der Waals surface area contributed by atoms with Gasteiger partial charge >= 0.3 is 0 Å². The number of hydrogen-bond donors (Lipinski definition) is 2. The highest BCUT2D eigenvalue weighted by molar-refractivity contribution is 14.1. The number of benzene rings is 1. The van der Waals surface area contributed by atoms with Gasteiger partial charge in [0, 0.05) is 13.1 Å².